The molecular weight excluding hydrogens is 356 g/mol. The first-order valence-corrected chi connectivity index (χ1v) is 8.97. The average molecular weight is 380 g/mol. The van der Waals surface area contributed by atoms with E-state index in [2.05, 4.69) is 21.7 Å². The van der Waals surface area contributed by atoms with Crippen molar-refractivity contribution < 1.29 is 19.5 Å². The summed E-state index contributed by atoms with van der Waals surface area (Å²) in [7, 11) is 0. The van der Waals surface area contributed by atoms with Crippen LogP contribution in [0.1, 0.15) is 51.9 Å². The molecule has 10 heteroatoms. The topological polar surface area (TPSA) is 154 Å². The van der Waals surface area contributed by atoms with Gasteiger partial charge in [-0.05, 0) is 31.6 Å². The second-order valence-electron chi connectivity index (χ2n) is 6.81. The Balaban J connectivity index is 1.54. The first-order valence-electron chi connectivity index (χ1n) is 8.97. The van der Waals surface area contributed by atoms with E-state index < -0.39 is 22.5 Å². The SMILES string of the molecule is C[C@H]1CCCC1C(=O)NNC(=O)CCCCC(=O)NNc1c(O)c(=O)c1=O. The highest BCUT2D eigenvalue weighted by molar-refractivity contribution is 5.83. The van der Waals surface area contributed by atoms with E-state index in [1.54, 1.807) is 0 Å². The van der Waals surface area contributed by atoms with Crippen LogP contribution in [0.15, 0.2) is 9.59 Å². The standard InChI is InChI=1S/C17H24N4O6/c1-9-5-4-6-10(9)17(27)21-19-12(23)8-3-2-7-11(22)18-20-13-14(24)16(26)15(13)25/h9-10,20,24H,2-8H2,1H3,(H,18,22)(H,19,23)(H,21,27)/t9-,10?/m0/s1. The van der Waals surface area contributed by atoms with Gasteiger partial charge in [0.15, 0.2) is 11.4 Å². The van der Waals surface area contributed by atoms with Crippen molar-refractivity contribution in [3.05, 3.63) is 20.4 Å². The van der Waals surface area contributed by atoms with Gasteiger partial charge >= 0.3 is 0 Å². The Labute approximate surface area is 155 Å². The summed E-state index contributed by atoms with van der Waals surface area (Å²) in [4.78, 5) is 57.1. The summed E-state index contributed by atoms with van der Waals surface area (Å²) in [6.07, 6.45) is 3.95. The van der Waals surface area contributed by atoms with Gasteiger partial charge in [-0.2, -0.15) is 0 Å². The molecule has 0 aromatic heterocycles. The molecule has 1 saturated carbocycles. The molecule has 0 spiro atoms. The molecule has 10 nitrogen and oxygen atoms in total. The molecule has 0 aliphatic heterocycles. The number of amides is 3. The molecule has 0 bridgehead atoms. The number of aromatic hydroxyl groups is 1. The quantitative estimate of drug-likeness (QED) is 0.233. The molecule has 0 radical (unpaired) electrons. The second kappa shape index (κ2) is 9.15. The van der Waals surface area contributed by atoms with Crippen molar-refractivity contribution in [3.8, 4) is 5.75 Å². The van der Waals surface area contributed by atoms with Crippen molar-refractivity contribution >= 4 is 23.4 Å². The minimum absolute atomic E-state index is 0.0612. The van der Waals surface area contributed by atoms with Crippen LogP contribution in [-0.2, 0) is 14.4 Å². The van der Waals surface area contributed by atoms with Crippen molar-refractivity contribution in [2.45, 2.75) is 51.9 Å². The summed E-state index contributed by atoms with van der Waals surface area (Å²) in [6.45, 7) is 2.02. The van der Waals surface area contributed by atoms with Crippen LogP contribution in [0.4, 0.5) is 5.69 Å². The van der Waals surface area contributed by atoms with Gasteiger partial charge in [-0.25, -0.2) is 0 Å². The number of anilines is 1. The number of rotatable bonds is 8. The van der Waals surface area contributed by atoms with Gasteiger partial charge in [0.25, 0.3) is 10.9 Å². The van der Waals surface area contributed by atoms with E-state index in [1.165, 1.54) is 0 Å². The van der Waals surface area contributed by atoms with Crippen LogP contribution in [0.2, 0.25) is 0 Å². The Morgan fingerprint density at radius 3 is 2.15 bits per heavy atom. The van der Waals surface area contributed by atoms with Gasteiger partial charge in [-0.1, -0.05) is 13.3 Å². The van der Waals surface area contributed by atoms with Crippen molar-refractivity contribution in [1.82, 2.24) is 16.3 Å². The maximum absolute atomic E-state index is 12.0. The summed E-state index contributed by atoms with van der Waals surface area (Å²) in [5.41, 5.74) is 7.00. The number of hydrogen-bond acceptors (Lipinski definition) is 7. The maximum Gasteiger partial charge on any atom is 0.271 e. The van der Waals surface area contributed by atoms with Gasteiger partial charge in [0.2, 0.25) is 17.7 Å². The Hall–Kier alpha value is -2.91. The predicted molar refractivity (Wildman–Crippen MR) is 96.0 cm³/mol. The van der Waals surface area contributed by atoms with Crippen LogP contribution in [0.5, 0.6) is 5.75 Å². The molecule has 0 heterocycles. The Kier molecular flexibility index (Phi) is 6.91. The first-order chi connectivity index (χ1) is 12.8. The molecule has 1 fully saturated rings. The third-order valence-electron chi connectivity index (χ3n) is 4.79. The summed E-state index contributed by atoms with van der Waals surface area (Å²) in [6, 6.07) is 0. The molecular formula is C17H24N4O6. The molecule has 1 aliphatic carbocycles. The van der Waals surface area contributed by atoms with Crippen LogP contribution < -0.4 is 32.6 Å². The van der Waals surface area contributed by atoms with Gasteiger partial charge in [-0.15, -0.1) is 0 Å². The first kappa shape index (κ1) is 20.4. The van der Waals surface area contributed by atoms with E-state index in [0.29, 0.717) is 18.8 Å². The molecule has 27 heavy (non-hydrogen) atoms. The van der Waals surface area contributed by atoms with Crippen molar-refractivity contribution in [1.29, 1.82) is 0 Å². The normalized spacial score (nSPS) is 18.9. The lowest BCUT2D eigenvalue weighted by atomic mass is 9.98. The number of nitrogens with one attached hydrogen (secondary N) is 4. The second-order valence-corrected chi connectivity index (χ2v) is 6.81. The minimum Gasteiger partial charge on any atom is -0.502 e. The molecule has 2 rings (SSSR count). The van der Waals surface area contributed by atoms with Crippen LogP contribution >= 0.6 is 0 Å². The zero-order chi connectivity index (χ0) is 20.0. The smallest absolute Gasteiger partial charge is 0.271 e. The van der Waals surface area contributed by atoms with Crippen LogP contribution in [0, 0.1) is 11.8 Å². The highest BCUT2D eigenvalue weighted by Gasteiger charge is 2.29. The zero-order valence-corrected chi connectivity index (χ0v) is 15.1. The fourth-order valence-corrected chi connectivity index (χ4v) is 3.08. The molecule has 1 aliphatic rings. The molecule has 5 N–H and O–H groups in total. The number of carbonyl (C=O) groups excluding carboxylic acids is 3. The summed E-state index contributed by atoms with van der Waals surface area (Å²) in [5, 5.41) is 9.13. The number of hydrazine groups is 2. The van der Waals surface area contributed by atoms with E-state index in [9.17, 15) is 24.0 Å². The van der Waals surface area contributed by atoms with E-state index in [4.69, 9.17) is 5.11 Å². The van der Waals surface area contributed by atoms with Gasteiger partial charge in [0, 0.05) is 18.8 Å². The van der Waals surface area contributed by atoms with E-state index >= 15 is 0 Å². The van der Waals surface area contributed by atoms with E-state index in [1.807, 2.05) is 6.92 Å². The van der Waals surface area contributed by atoms with Gasteiger partial charge < -0.3 is 5.11 Å². The Morgan fingerprint density at radius 2 is 1.59 bits per heavy atom. The van der Waals surface area contributed by atoms with Crippen LogP contribution in [0.3, 0.4) is 0 Å². The van der Waals surface area contributed by atoms with E-state index in [0.717, 1.165) is 19.3 Å². The van der Waals surface area contributed by atoms with Crippen molar-refractivity contribution in [3.63, 3.8) is 0 Å². The summed E-state index contributed by atoms with van der Waals surface area (Å²) >= 11 is 0. The molecule has 3 amide bonds. The lowest BCUT2D eigenvalue weighted by Crippen LogP contribution is -2.45. The molecule has 1 aromatic rings. The minimum atomic E-state index is -0.993. The lowest BCUT2D eigenvalue weighted by molar-refractivity contribution is -0.131. The molecule has 0 saturated heterocycles. The van der Waals surface area contributed by atoms with Gasteiger partial charge in [0.05, 0.1) is 0 Å². The lowest BCUT2D eigenvalue weighted by Gasteiger charge is -2.15. The van der Waals surface area contributed by atoms with Crippen molar-refractivity contribution in [2.24, 2.45) is 11.8 Å². The number of carbonyl (C=O) groups is 3. The summed E-state index contributed by atoms with van der Waals surface area (Å²) < 4.78 is 0. The molecule has 148 valence electrons. The maximum atomic E-state index is 12.0. The fourth-order valence-electron chi connectivity index (χ4n) is 3.08. The third kappa shape index (κ3) is 5.28. The number of hydrogen-bond donors (Lipinski definition) is 5. The average Bonchev–Trinajstić information content (AvgIpc) is 3.08. The molecule has 2 atom stereocenters. The highest BCUT2D eigenvalue weighted by Crippen LogP contribution is 2.30. The Morgan fingerprint density at radius 1 is 0.963 bits per heavy atom. The predicted octanol–water partition coefficient (Wildman–Crippen LogP) is -0.425. The number of unbranched alkanes of at least 4 members (excludes halogenated alkanes) is 1. The van der Waals surface area contributed by atoms with Gasteiger partial charge in [0.1, 0.15) is 0 Å². The Bertz CT molecular complexity index is 783. The third-order valence-corrected chi connectivity index (χ3v) is 4.79. The van der Waals surface area contributed by atoms with E-state index in [-0.39, 0.29) is 36.3 Å². The van der Waals surface area contributed by atoms with Crippen molar-refractivity contribution in [2.75, 3.05) is 5.43 Å². The van der Waals surface area contributed by atoms with Crippen LogP contribution in [0.25, 0.3) is 0 Å². The largest absolute Gasteiger partial charge is 0.502 e. The van der Waals surface area contributed by atoms with Crippen LogP contribution in [-0.4, -0.2) is 22.8 Å². The highest BCUT2D eigenvalue weighted by atomic mass is 16.3. The monoisotopic (exact) mass is 380 g/mol. The molecule has 1 unspecified atom stereocenters. The fraction of sp³-hybridized carbons (Fsp3) is 0.588. The molecule has 1 aromatic carbocycles. The van der Waals surface area contributed by atoms with Gasteiger partial charge in [-0.3, -0.25) is 45.7 Å². The summed E-state index contributed by atoms with van der Waals surface area (Å²) in [5.74, 6) is -1.40. The zero-order valence-electron chi connectivity index (χ0n) is 15.1.